The zero-order chi connectivity index (χ0) is 24.5. The van der Waals surface area contributed by atoms with Crippen LogP contribution in [0.25, 0.3) is 0 Å². The summed E-state index contributed by atoms with van der Waals surface area (Å²) in [5, 5.41) is 3.43. The Kier molecular flexibility index (Phi) is 9.49. The molecule has 186 valence electrons. The summed E-state index contributed by atoms with van der Waals surface area (Å²) in [6.07, 6.45) is 7.19. The minimum Gasteiger partial charge on any atom is -0.497 e. The molecule has 0 aromatic heterocycles. The van der Waals surface area contributed by atoms with Crippen LogP contribution in [-0.2, 0) is 4.79 Å². The van der Waals surface area contributed by atoms with E-state index in [-0.39, 0.29) is 17.9 Å². The van der Waals surface area contributed by atoms with Gasteiger partial charge in [-0.15, -0.1) is 0 Å². The Hall–Kier alpha value is -2.89. The third kappa shape index (κ3) is 5.96. The molecule has 3 rings (SSSR count). The highest BCUT2D eigenvalue weighted by Gasteiger charge is 2.35. The second-order valence-electron chi connectivity index (χ2n) is 8.95. The first-order valence-electron chi connectivity index (χ1n) is 12.3. The van der Waals surface area contributed by atoms with E-state index in [1.807, 2.05) is 31.2 Å². The van der Waals surface area contributed by atoms with Crippen LogP contribution in [0.5, 0.6) is 23.0 Å². The van der Waals surface area contributed by atoms with Gasteiger partial charge >= 0.3 is 0 Å². The van der Waals surface area contributed by atoms with Crippen LogP contribution in [0.4, 0.5) is 0 Å². The number of amides is 1. The van der Waals surface area contributed by atoms with Crippen LogP contribution in [-0.4, -0.2) is 40.4 Å². The van der Waals surface area contributed by atoms with Crippen molar-refractivity contribution >= 4 is 5.91 Å². The molecule has 1 aliphatic rings. The Morgan fingerprint density at radius 3 is 2.00 bits per heavy atom. The fourth-order valence-corrected chi connectivity index (χ4v) is 5.15. The summed E-state index contributed by atoms with van der Waals surface area (Å²) in [5.41, 5.74) is 2.13. The monoisotopic (exact) mass is 469 g/mol. The number of hydrogen-bond acceptors (Lipinski definition) is 5. The van der Waals surface area contributed by atoms with E-state index in [0.717, 1.165) is 36.1 Å². The van der Waals surface area contributed by atoms with E-state index in [1.54, 1.807) is 28.4 Å². The zero-order valence-corrected chi connectivity index (χ0v) is 21.2. The van der Waals surface area contributed by atoms with Crippen molar-refractivity contribution in [2.24, 2.45) is 5.92 Å². The molecule has 34 heavy (non-hydrogen) atoms. The number of carbonyl (C=O) groups excluding carboxylic acids is 1. The second-order valence-corrected chi connectivity index (χ2v) is 8.95. The van der Waals surface area contributed by atoms with Gasteiger partial charge in [-0.2, -0.15) is 0 Å². The van der Waals surface area contributed by atoms with Gasteiger partial charge in [-0.3, -0.25) is 4.79 Å². The van der Waals surface area contributed by atoms with E-state index in [4.69, 9.17) is 18.9 Å². The maximum Gasteiger partial charge on any atom is 0.220 e. The molecule has 6 nitrogen and oxygen atoms in total. The lowest BCUT2D eigenvalue weighted by Crippen LogP contribution is -2.45. The molecule has 1 amide bonds. The topological polar surface area (TPSA) is 66.0 Å². The average molecular weight is 470 g/mol. The number of methoxy groups -OCH3 is 4. The van der Waals surface area contributed by atoms with Crippen LogP contribution in [0, 0.1) is 5.92 Å². The molecule has 0 aliphatic heterocycles. The van der Waals surface area contributed by atoms with E-state index >= 15 is 0 Å². The Morgan fingerprint density at radius 2 is 1.50 bits per heavy atom. The molecule has 2 atom stereocenters. The van der Waals surface area contributed by atoms with Gasteiger partial charge in [0.25, 0.3) is 0 Å². The van der Waals surface area contributed by atoms with Gasteiger partial charge in [0.15, 0.2) is 11.5 Å². The molecule has 0 bridgehead atoms. The molecule has 0 radical (unpaired) electrons. The van der Waals surface area contributed by atoms with Crippen molar-refractivity contribution in [1.29, 1.82) is 0 Å². The summed E-state index contributed by atoms with van der Waals surface area (Å²) in [7, 11) is 6.54. The van der Waals surface area contributed by atoms with Gasteiger partial charge in [0.1, 0.15) is 5.75 Å². The van der Waals surface area contributed by atoms with Crippen molar-refractivity contribution in [2.75, 3.05) is 28.4 Å². The number of nitrogens with one attached hydrogen (secondary N) is 1. The molecule has 6 heteroatoms. The van der Waals surface area contributed by atoms with Crippen molar-refractivity contribution < 1.29 is 23.7 Å². The molecule has 2 aromatic rings. The number of rotatable bonds is 11. The van der Waals surface area contributed by atoms with Gasteiger partial charge in [0.2, 0.25) is 11.7 Å². The van der Waals surface area contributed by atoms with Gasteiger partial charge in [0, 0.05) is 18.4 Å². The number of benzene rings is 2. The second kappa shape index (κ2) is 12.5. The molecular weight excluding hydrogens is 430 g/mol. The Morgan fingerprint density at radius 1 is 0.882 bits per heavy atom. The van der Waals surface area contributed by atoms with Gasteiger partial charge in [-0.1, -0.05) is 38.3 Å². The van der Waals surface area contributed by atoms with Crippen LogP contribution >= 0.6 is 0 Å². The summed E-state index contributed by atoms with van der Waals surface area (Å²) in [6, 6.07) is 12.1. The third-order valence-electron chi connectivity index (χ3n) is 6.84. The number of carbonyl (C=O) groups is 1. The summed E-state index contributed by atoms with van der Waals surface area (Å²) >= 11 is 0. The SMILES string of the molecule is CCCC(=O)N[C@H](C1CCCCC1)[C@H](c1ccc(OC)cc1)c1cc(OC)c(OC)c(OC)c1. The standard InChI is InChI=1S/C28H39NO5/c1-6-10-25(30)29-27(20-11-8-7-9-12-20)26(19-13-15-22(31-2)16-14-19)21-17-23(32-3)28(34-5)24(18-21)33-4/h13-18,20,26-27H,6-12H2,1-5H3,(H,29,30)/t26-,27-/m1/s1. The van der Waals surface area contributed by atoms with Crippen molar-refractivity contribution in [3.63, 3.8) is 0 Å². The number of ether oxygens (including phenoxy) is 4. The first kappa shape index (κ1) is 25.7. The minimum absolute atomic E-state index is 0.0458. The zero-order valence-electron chi connectivity index (χ0n) is 21.2. The van der Waals surface area contributed by atoms with Crippen molar-refractivity contribution in [2.45, 2.75) is 63.8 Å². The highest BCUT2D eigenvalue weighted by Crippen LogP contribution is 2.44. The third-order valence-corrected chi connectivity index (χ3v) is 6.84. The predicted molar refractivity (Wildman–Crippen MR) is 134 cm³/mol. The van der Waals surface area contributed by atoms with Crippen molar-refractivity contribution in [1.82, 2.24) is 5.32 Å². The van der Waals surface area contributed by atoms with Crippen LogP contribution in [0.1, 0.15) is 68.9 Å². The van der Waals surface area contributed by atoms with Gasteiger partial charge in [-0.25, -0.2) is 0 Å². The summed E-state index contributed by atoms with van der Waals surface area (Å²) in [4.78, 5) is 12.9. The fourth-order valence-electron chi connectivity index (χ4n) is 5.15. The van der Waals surface area contributed by atoms with E-state index in [1.165, 1.54) is 19.3 Å². The van der Waals surface area contributed by atoms with E-state index < -0.39 is 0 Å². The molecule has 2 aromatic carbocycles. The predicted octanol–water partition coefficient (Wildman–Crippen LogP) is 5.72. The molecular formula is C28H39NO5. The Balaban J connectivity index is 2.17. The molecule has 1 saturated carbocycles. The highest BCUT2D eigenvalue weighted by atomic mass is 16.5. The molecule has 0 heterocycles. The van der Waals surface area contributed by atoms with Gasteiger partial charge < -0.3 is 24.3 Å². The Labute approximate surface area is 203 Å². The quantitative estimate of drug-likeness (QED) is 0.456. The minimum atomic E-state index is -0.0801. The smallest absolute Gasteiger partial charge is 0.220 e. The van der Waals surface area contributed by atoms with Gasteiger partial charge in [-0.05, 0) is 60.6 Å². The lowest BCUT2D eigenvalue weighted by atomic mass is 9.73. The molecule has 0 saturated heterocycles. The van der Waals surface area contributed by atoms with E-state index in [0.29, 0.717) is 29.6 Å². The average Bonchev–Trinajstić information content (AvgIpc) is 2.88. The lowest BCUT2D eigenvalue weighted by molar-refractivity contribution is -0.122. The van der Waals surface area contributed by atoms with E-state index in [9.17, 15) is 4.79 Å². The molecule has 1 N–H and O–H groups in total. The summed E-state index contributed by atoms with van der Waals surface area (Å²) in [6.45, 7) is 2.04. The van der Waals surface area contributed by atoms with Crippen LogP contribution in [0.2, 0.25) is 0 Å². The highest BCUT2D eigenvalue weighted by molar-refractivity contribution is 5.76. The maximum absolute atomic E-state index is 12.9. The molecule has 0 spiro atoms. The van der Waals surface area contributed by atoms with Crippen LogP contribution in [0.3, 0.4) is 0 Å². The van der Waals surface area contributed by atoms with Crippen LogP contribution in [0.15, 0.2) is 36.4 Å². The summed E-state index contributed by atoms with van der Waals surface area (Å²) in [5.74, 6) is 2.99. The number of hydrogen-bond donors (Lipinski definition) is 1. The fraction of sp³-hybridized carbons (Fsp3) is 0.536. The Bertz CT molecular complexity index is 896. The normalized spacial score (nSPS) is 15.8. The first-order valence-corrected chi connectivity index (χ1v) is 12.3. The lowest BCUT2D eigenvalue weighted by Gasteiger charge is -2.37. The van der Waals surface area contributed by atoms with Crippen molar-refractivity contribution in [3.05, 3.63) is 47.5 Å². The van der Waals surface area contributed by atoms with Gasteiger partial charge in [0.05, 0.1) is 28.4 Å². The molecule has 1 fully saturated rings. The summed E-state index contributed by atoms with van der Waals surface area (Å²) < 4.78 is 22.3. The van der Waals surface area contributed by atoms with Crippen LogP contribution < -0.4 is 24.3 Å². The molecule has 0 unspecified atom stereocenters. The molecule has 1 aliphatic carbocycles. The first-order chi connectivity index (χ1) is 16.6. The van der Waals surface area contributed by atoms with E-state index in [2.05, 4.69) is 17.4 Å². The van der Waals surface area contributed by atoms with Crippen molar-refractivity contribution in [3.8, 4) is 23.0 Å². The maximum atomic E-state index is 12.9. The largest absolute Gasteiger partial charge is 0.497 e.